The minimum Gasteiger partial charge on any atom is -0.351 e. The first-order chi connectivity index (χ1) is 6.80. The van der Waals surface area contributed by atoms with Crippen molar-refractivity contribution in [2.45, 2.75) is 32.1 Å². The molecule has 4 heteroatoms. The zero-order valence-corrected chi connectivity index (χ0v) is 8.80. The van der Waals surface area contributed by atoms with Gasteiger partial charge in [-0.25, -0.2) is 4.79 Å². The van der Waals surface area contributed by atoms with Crippen molar-refractivity contribution in [2.75, 3.05) is 26.2 Å². The standard InChI is InChI=1S/C6H12N2O.C4H9N/c7-6(9)8-4-2-1-3-5-8;1-2-4-5-3-1/h1-5H2,(H2,7,9);5H,1-4H2. The molecule has 3 N–H and O–H groups in total. The normalized spacial score (nSPS) is 21.3. The number of likely N-dealkylation sites (tertiary alicyclic amines) is 1. The number of amides is 2. The van der Waals surface area contributed by atoms with E-state index in [9.17, 15) is 4.79 Å². The molecule has 14 heavy (non-hydrogen) atoms. The molecule has 2 heterocycles. The minimum absolute atomic E-state index is 0.269. The second-order valence-electron chi connectivity index (χ2n) is 3.84. The van der Waals surface area contributed by atoms with Crippen LogP contribution in [0, 0.1) is 0 Å². The van der Waals surface area contributed by atoms with E-state index in [-0.39, 0.29) is 6.03 Å². The highest BCUT2D eigenvalue weighted by Crippen LogP contribution is 2.07. The fourth-order valence-electron chi connectivity index (χ4n) is 1.74. The third-order valence-electron chi connectivity index (χ3n) is 2.62. The number of rotatable bonds is 0. The Hall–Kier alpha value is -0.770. The predicted octanol–water partition coefficient (Wildman–Crippen LogP) is 0.921. The highest BCUT2D eigenvalue weighted by Gasteiger charge is 2.11. The highest BCUT2D eigenvalue weighted by atomic mass is 16.2. The lowest BCUT2D eigenvalue weighted by Gasteiger charge is -2.24. The van der Waals surface area contributed by atoms with E-state index in [4.69, 9.17) is 5.73 Å². The summed E-state index contributed by atoms with van der Waals surface area (Å²) in [6.45, 7) is 4.21. The molecule has 2 aliphatic heterocycles. The van der Waals surface area contributed by atoms with Crippen LogP contribution in [0.25, 0.3) is 0 Å². The maximum atomic E-state index is 10.5. The number of carbonyl (C=O) groups is 1. The summed E-state index contributed by atoms with van der Waals surface area (Å²) in [4.78, 5) is 12.2. The number of hydrogen-bond donors (Lipinski definition) is 2. The van der Waals surface area contributed by atoms with Gasteiger partial charge in [0.1, 0.15) is 0 Å². The van der Waals surface area contributed by atoms with E-state index in [1.165, 1.54) is 32.4 Å². The summed E-state index contributed by atoms with van der Waals surface area (Å²) in [6, 6.07) is -0.269. The topological polar surface area (TPSA) is 58.4 Å². The van der Waals surface area contributed by atoms with Crippen LogP contribution in [0.15, 0.2) is 0 Å². The van der Waals surface area contributed by atoms with Crippen molar-refractivity contribution in [3.05, 3.63) is 0 Å². The Labute approximate surface area is 85.8 Å². The number of carbonyl (C=O) groups excluding carboxylic acids is 1. The zero-order chi connectivity index (χ0) is 10.2. The lowest BCUT2D eigenvalue weighted by molar-refractivity contribution is 0.196. The summed E-state index contributed by atoms with van der Waals surface area (Å²) in [5.41, 5.74) is 5.05. The SMILES string of the molecule is C1CCNC1.NC(=O)N1CCCCC1. The maximum Gasteiger partial charge on any atom is 0.314 e. The van der Waals surface area contributed by atoms with Crippen LogP contribution in [0.3, 0.4) is 0 Å². The van der Waals surface area contributed by atoms with Gasteiger partial charge in [-0.05, 0) is 45.2 Å². The van der Waals surface area contributed by atoms with E-state index < -0.39 is 0 Å². The van der Waals surface area contributed by atoms with Gasteiger partial charge in [-0.1, -0.05) is 0 Å². The first kappa shape index (κ1) is 11.3. The molecule has 0 aliphatic carbocycles. The molecule has 0 unspecified atom stereocenters. The monoisotopic (exact) mass is 199 g/mol. The number of nitrogens with two attached hydrogens (primary N) is 1. The second kappa shape index (κ2) is 6.65. The lowest BCUT2D eigenvalue weighted by Crippen LogP contribution is -2.39. The van der Waals surface area contributed by atoms with Gasteiger partial charge in [0.25, 0.3) is 0 Å². The van der Waals surface area contributed by atoms with Gasteiger partial charge in [0.05, 0.1) is 0 Å². The van der Waals surface area contributed by atoms with E-state index in [1.54, 1.807) is 4.90 Å². The number of nitrogens with one attached hydrogen (secondary N) is 1. The first-order valence-corrected chi connectivity index (χ1v) is 5.56. The van der Waals surface area contributed by atoms with Crippen molar-refractivity contribution in [1.29, 1.82) is 0 Å². The van der Waals surface area contributed by atoms with Gasteiger partial charge in [0, 0.05) is 13.1 Å². The molecule has 0 aromatic heterocycles. The number of hydrogen-bond acceptors (Lipinski definition) is 2. The van der Waals surface area contributed by atoms with Crippen molar-refractivity contribution in [3.63, 3.8) is 0 Å². The lowest BCUT2D eigenvalue weighted by atomic mass is 10.1. The molecule has 0 bridgehead atoms. The largest absolute Gasteiger partial charge is 0.351 e. The molecular weight excluding hydrogens is 178 g/mol. The van der Waals surface area contributed by atoms with Crippen molar-refractivity contribution < 1.29 is 4.79 Å². The Balaban J connectivity index is 0.000000165. The van der Waals surface area contributed by atoms with E-state index in [2.05, 4.69) is 5.32 Å². The van der Waals surface area contributed by atoms with Crippen LogP contribution in [-0.2, 0) is 0 Å². The Morgan fingerprint density at radius 3 is 1.86 bits per heavy atom. The average molecular weight is 199 g/mol. The van der Waals surface area contributed by atoms with Crippen molar-refractivity contribution in [2.24, 2.45) is 5.73 Å². The number of urea groups is 1. The summed E-state index contributed by atoms with van der Waals surface area (Å²) in [5, 5.41) is 3.22. The molecule has 2 fully saturated rings. The van der Waals surface area contributed by atoms with Crippen LogP contribution in [0.4, 0.5) is 4.79 Å². The summed E-state index contributed by atoms with van der Waals surface area (Å²) in [6.07, 6.45) is 6.25. The molecule has 2 saturated heterocycles. The van der Waals surface area contributed by atoms with Crippen LogP contribution >= 0.6 is 0 Å². The van der Waals surface area contributed by atoms with Gasteiger partial charge in [-0.15, -0.1) is 0 Å². The second-order valence-corrected chi connectivity index (χ2v) is 3.84. The van der Waals surface area contributed by atoms with Crippen molar-refractivity contribution in [1.82, 2.24) is 10.2 Å². The molecular formula is C10H21N3O. The molecule has 0 atom stereocenters. The fourth-order valence-corrected chi connectivity index (χ4v) is 1.74. The third-order valence-corrected chi connectivity index (χ3v) is 2.62. The number of piperidine rings is 1. The number of primary amides is 1. The van der Waals surface area contributed by atoms with Gasteiger partial charge >= 0.3 is 6.03 Å². The van der Waals surface area contributed by atoms with Crippen molar-refractivity contribution >= 4 is 6.03 Å². The predicted molar refractivity (Wildman–Crippen MR) is 57.1 cm³/mol. The van der Waals surface area contributed by atoms with Gasteiger partial charge in [-0.2, -0.15) is 0 Å². The smallest absolute Gasteiger partial charge is 0.314 e. The summed E-state index contributed by atoms with van der Waals surface area (Å²) in [5.74, 6) is 0. The maximum absolute atomic E-state index is 10.5. The third kappa shape index (κ3) is 4.46. The molecule has 0 radical (unpaired) electrons. The molecule has 2 aliphatic rings. The Kier molecular flexibility index (Phi) is 5.37. The van der Waals surface area contributed by atoms with Crippen molar-refractivity contribution in [3.8, 4) is 0 Å². The van der Waals surface area contributed by atoms with Gasteiger partial charge in [0.15, 0.2) is 0 Å². The number of nitrogens with zero attached hydrogens (tertiary/aromatic N) is 1. The van der Waals surface area contributed by atoms with E-state index in [0.717, 1.165) is 25.9 Å². The summed E-state index contributed by atoms with van der Waals surface area (Å²) in [7, 11) is 0. The molecule has 4 nitrogen and oxygen atoms in total. The van der Waals surface area contributed by atoms with Gasteiger partial charge < -0.3 is 16.0 Å². The molecule has 0 saturated carbocycles. The average Bonchev–Trinajstić information content (AvgIpc) is 2.77. The minimum atomic E-state index is -0.269. The van der Waals surface area contributed by atoms with Gasteiger partial charge in [0.2, 0.25) is 0 Å². The highest BCUT2D eigenvalue weighted by molar-refractivity contribution is 5.71. The first-order valence-electron chi connectivity index (χ1n) is 5.56. The Morgan fingerprint density at radius 2 is 1.57 bits per heavy atom. The molecule has 2 rings (SSSR count). The van der Waals surface area contributed by atoms with Crippen LogP contribution in [0.1, 0.15) is 32.1 Å². The zero-order valence-electron chi connectivity index (χ0n) is 8.80. The Bertz CT molecular complexity index is 155. The van der Waals surface area contributed by atoms with Crippen LogP contribution < -0.4 is 11.1 Å². The van der Waals surface area contributed by atoms with E-state index in [0.29, 0.717) is 0 Å². The van der Waals surface area contributed by atoms with Crippen LogP contribution in [-0.4, -0.2) is 37.1 Å². The fraction of sp³-hybridized carbons (Fsp3) is 0.900. The van der Waals surface area contributed by atoms with E-state index in [1.807, 2.05) is 0 Å². The molecule has 2 amide bonds. The van der Waals surface area contributed by atoms with Gasteiger partial charge in [-0.3, -0.25) is 0 Å². The van der Waals surface area contributed by atoms with E-state index >= 15 is 0 Å². The molecule has 0 spiro atoms. The molecule has 82 valence electrons. The summed E-state index contributed by atoms with van der Waals surface area (Å²) < 4.78 is 0. The van der Waals surface area contributed by atoms with Crippen LogP contribution in [0.2, 0.25) is 0 Å². The molecule has 0 aromatic rings. The quantitative estimate of drug-likeness (QED) is 0.609. The molecule has 0 aromatic carbocycles. The Morgan fingerprint density at radius 1 is 1.00 bits per heavy atom. The van der Waals surface area contributed by atoms with Crippen LogP contribution in [0.5, 0.6) is 0 Å². The summed E-state index contributed by atoms with van der Waals surface area (Å²) >= 11 is 0.